The van der Waals surface area contributed by atoms with Gasteiger partial charge in [0.05, 0.1) is 23.6 Å². The second-order valence-electron chi connectivity index (χ2n) is 7.34. The van der Waals surface area contributed by atoms with Crippen LogP contribution in [0.25, 0.3) is 5.69 Å². The molecule has 24 heavy (non-hydrogen) atoms. The molecule has 1 aromatic heterocycles. The van der Waals surface area contributed by atoms with E-state index in [2.05, 4.69) is 43.3 Å². The molecule has 0 fully saturated rings. The Bertz CT molecular complexity index is 749. The number of aromatic nitrogens is 2. The fraction of sp³-hybridized carbons (Fsp3) is 0.474. The van der Waals surface area contributed by atoms with Gasteiger partial charge in [-0.1, -0.05) is 32.0 Å². The summed E-state index contributed by atoms with van der Waals surface area (Å²) in [6.07, 6.45) is 3.73. The highest BCUT2D eigenvalue weighted by molar-refractivity contribution is 5.77. The van der Waals surface area contributed by atoms with Crippen molar-refractivity contribution in [2.75, 3.05) is 13.7 Å². The lowest BCUT2D eigenvalue weighted by Gasteiger charge is -2.36. The lowest BCUT2D eigenvalue weighted by molar-refractivity contribution is -0.125. The standard InChI is InChI=1S/C19H25N3O2/c1-13-7-5-6-8-16(13)22-17-10-19(2,3)9-15(14(17)11-20-22)21-18(23)12-24-4/h5-8,11,15H,9-10,12H2,1-4H3,(H,21,23)/t15-/m0/s1. The average Bonchev–Trinajstić information content (AvgIpc) is 2.90. The molecule has 128 valence electrons. The van der Waals surface area contributed by atoms with Crippen molar-refractivity contribution >= 4 is 5.91 Å². The molecule has 0 unspecified atom stereocenters. The highest BCUT2D eigenvalue weighted by Gasteiger charge is 2.36. The molecule has 3 rings (SSSR count). The monoisotopic (exact) mass is 327 g/mol. The zero-order chi connectivity index (χ0) is 17.3. The van der Waals surface area contributed by atoms with Crippen LogP contribution in [-0.2, 0) is 16.0 Å². The normalized spacial score (nSPS) is 18.9. The third-order valence-electron chi connectivity index (χ3n) is 4.63. The zero-order valence-corrected chi connectivity index (χ0v) is 14.8. The van der Waals surface area contributed by atoms with Gasteiger partial charge in [-0.15, -0.1) is 0 Å². The molecule has 1 aliphatic carbocycles. The summed E-state index contributed by atoms with van der Waals surface area (Å²) in [5.41, 5.74) is 4.67. The minimum atomic E-state index is -0.0882. The number of amides is 1. The van der Waals surface area contributed by atoms with Gasteiger partial charge in [0, 0.05) is 12.7 Å². The number of methoxy groups -OCH3 is 1. The molecular weight excluding hydrogens is 302 g/mol. The minimum absolute atomic E-state index is 0.0239. The third-order valence-corrected chi connectivity index (χ3v) is 4.63. The van der Waals surface area contributed by atoms with E-state index in [1.807, 2.05) is 23.0 Å². The molecule has 1 N–H and O–H groups in total. The van der Waals surface area contributed by atoms with E-state index >= 15 is 0 Å². The maximum atomic E-state index is 12.0. The largest absolute Gasteiger partial charge is 0.375 e. The fourth-order valence-electron chi connectivity index (χ4n) is 3.55. The van der Waals surface area contributed by atoms with Crippen LogP contribution in [0.1, 0.15) is 43.1 Å². The SMILES string of the molecule is COCC(=O)N[C@H]1CC(C)(C)Cc2c1cnn2-c1ccccc1C. The van der Waals surface area contributed by atoms with Crippen LogP contribution in [0.15, 0.2) is 30.5 Å². The average molecular weight is 327 g/mol. The Kier molecular flexibility index (Phi) is 4.45. The summed E-state index contributed by atoms with van der Waals surface area (Å²) in [5, 5.41) is 7.73. The Morgan fingerprint density at radius 2 is 2.17 bits per heavy atom. The smallest absolute Gasteiger partial charge is 0.246 e. The number of benzene rings is 1. The number of carbonyl (C=O) groups excluding carboxylic acids is 1. The van der Waals surface area contributed by atoms with Crippen molar-refractivity contribution in [3.8, 4) is 5.69 Å². The summed E-state index contributed by atoms with van der Waals surface area (Å²) < 4.78 is 6.97. The third kappa shape index (κ3) is 3.22. The molecule has 1 heterocycles. The first-order valence-corrected chi connectivity index (χ1v) is 8.32. The number of fused-ring (bicyclic) bond motifs is 1. The number of nitrogens with zero attached hydrogens (tertiary/aromatic N) is 2. The quantitative estimate of drug-likeness (QED) is 0.939. The van der Waals surface area contributed by atoms with Gasteiger partial charge in [0.2, 0.25) is 5.91 Å². The van der Waals surface area contributed by atoms with Gasteiger partial charge in [0.1, 0.15) is 6.61 Å². The Balaban J connectivity index is 2.00. The van der Waals surface area contributed by atoms with Crippen molar-refractivity contribution in [2.24, 2.45) is 5.41 Å². The number of hydrogen-bond donors (Lipinski definition) is 1. The van der Waals surface area contributed by atoms with Crippen molar-refractivity contribution < 1.29 is 9.53 Å². The van der Waals surface area contributed by atoms with Gasteiger partial charge in [0.25, 0.3) is 0 Å². The summed E-state index contributed by atoms with van der Waals surface area (Å²) >= 11 is 0. The molecule has 1 aromatic carbocycles. The van der Waals surface area contributed by atoms with Crippen molar-refractivity contribution in [2.45, 2.75) is 39.7 Å². The Morgan fingerprint density at radius 3 is 2.88 bits per heavy atom. The molecule has 0 saturated heterocycles. The summed E-state index contributed by atoms with van der Waals surface area (Å²) in [7, 11) is 1.53. The number of nitrogens with one attached hydrogen (secondary N) is 1. The van der Waals surface area contributed by atoms with Crippen LogP contribution in [-0.4, -0.2) is 29.4 Å². The highest BCUT2D eigenvalue weighted by atomic mass is 16.5. The lowest BCUT2D eigenvalue weighted by atomic mass is 9.74. The number of rotatable bonds is 4. The van der Waals surface area contributed by atoms with E-state index in [0.717, 1.165) is 24.1 Å². The van der Waals surface area contributed by atoms with Crippen LogP contribution < -0.4 is 5.32 Å². The number of para-hydroxylation sites is 1. The van der Waals surface area contributed by atoms with Crippen molar-refractivity contribution in [1.29, 1.82) is 0 Å². The number of ether oxygens (including phenoxy) is 1. The van der Waals surface area contributed by atoms with Crippen LogP contribution in [0.3, 0.4) is 0 Å². The van der Waals surface area contributed by atoms with Gasteiger partial charge >= 0.3 is 0 Å². The minimum Gasteiger partial charge on any atom is -0.375 e. The van der Waals surface area contributed by atoms with E-state index in [-0.39, 0.29) is 24.0 Å². The Labute approximate surface area is 143 Å². The van der Waals surface area contributed by atoms with Crippen LogP contribution >= 0.6 is 0 Å². The van der Waals surface area contributed by atoms with E-state index < -0.39 is 0 Å². The predicted molar refractivity (Wildman–Crippen MR) is 93.2 cm³/mol. The summed E-state index contributed by atoms with van der Waals surface area (Å²) in [4.78, 5) is 12.0. The molecule has 2 aromatic rings. The maximum absolute atomic E-state index is 12.0. The summed E-state index contributed by atoms with van der Waals surface area (Å²) in [6.45, 7) is 6.65. The van der Waals surface area contributed by atoms with Crippen molar-refractivity contribution in [3.63, 3.8) is 0 Å². The first-order chi connectivity index (χ1) is 11.4. The van der Waals surface area contributed by atoms with Crippen LogP contribution in [0.4, 0.5) is 0 Å². The molecule has 1 aliphatic rings. The number of hydrogen-bond acceptors (Lipinski definition) is 3. The molecular formula is C19H25N3O2. The zero-order valence-electron chi connectivity index (χ0n) is 14.8. The van der Waals surface area contributed by atoms with Gasteiger partial charge < -0.3 is 10.1 Å². The summed E-state index contributed by atoms with van der Waals surface area (Å²) in [5.74, 6) is -0.0882. The topological polar surface area (TPSA) is 56.1 Å². The van der Waals surface area contributed by atoms with Gasteiger partial charge in [-0.2, -0.15) is 5.10 Å². The van der Waals surface area contributed by atoms with E-state index in [0.29, 0.717) is 0 Å². The predicted octanol–water partition coefficient (Wildman–Crippen LogP) is 2.96. The Hall–Kier alpha value is -2.14. The molecule has 0 radical (unpaired) electrons. The molecule has 1 atom stereocenters. The van der Waals surface area contributed by atoms with Crippen LogP contribution in [0.5, 0.6) is 0 Å². The molecule has 5 nitrogen and oxygen atoms in total. The number of carbonyl (C=O) groups is 1. The molecule has 0 saturated carbocycles. The van der Waals surface area contributed by atoms with Gasteiger partial charge in [0.15, 0.2) is 0 Å². The Morgan fingerprint density at radius 1 is 1.42 bits per heavy atom. The molecule has 0 spiro atoms. The maximum Gasteiger partial charge on any atom is 0.246 e. The highest BCUT2D eigenvalue weighted by Crippen LogP contribution is 2.41. The molecule has 1 amide bonds. The summed E-state index contributed by atoms with van der Waals surface area (Å²) in [6, 6.07) is 8.22. The van der Waals surface area contributed by atoms with E-state index in [1.54, 1.807) is 0 Å². The van der Waals surface area contributed by atoms with Gasteiger partial charge in [-0.3, -0.25) is 4.79 Å². The first-order valence-electron chi connectivity index (χ1n) is 8.32. The lowest BCUT2D eigenvalue weighted by Crippen LogP contribution is -2.38. The number of aryl methyl sites for hydroxylation is 1. The van der Waals surface area contributed by atoms with E-state index in [1.165, 1.54) is 18.4 Å². The molecule has 0 bridgehead atoms. The van der Waals surface area contributed by atoms with E-state index in [4.69, 9.17) is 4.74 Å². The van der Waals surface area contributed by atoms with Crippen molar-refractivity contribution in [1.82, 2.24) is 15.1 Å². The van der Waals surface area contributed by atoms with Crippen molar-refractivity contribution in [3.05, 3.63) is 47.3 Å². The van der Waals surface area contributed by atoms with E-state index in [9.17, 15) is 4.79 Å². The second-order valence-corrected chi connectivity index (χ2v) is 7.34. The van der Waals surface area contributed by atoms with Gasteiger partial charge in [-0.05, 0) is 36.8 Å². The molecule has 5 heteroatoms. The van der Waals surface area contributed by atoms with Gasteiger partial charge in [-0.25, -0.2) is 4.68 Å². The van der Waals surface area contributed by atoms with Crippen LogP contribution in [0, 0.1) is 12.3 Å². The first kappa shape index (κ1) is 16.7. The second kappa shape index (κ2) is 6.40. The van der Waals surface area contributed by atoms with Crippen LogP contribution in [0.2, 0.25) is 0 Å². The molecule has 0 aliphatic heterocycles. The fourth-order valence-corrected chi connectivity index (χ4v) is 3.55.